The molecule has 7 heteroatoms. The van der Waals surface area contributed by atoms with Crippen molar-refractivity contribution in [3.8, 4) is 0 Å². The summed E-state index contributed by atoms with van der Waals surface area (Å²) in [4.78, 5) is 38.3. The number of nitrogens with zero attached hydrogens (tertiary/aromatic N) is 2. The van der Waals surface area contributed by atoms with E-state index < -0.39 is 12.0 Å². The van der Waals surface area contributed by atoms with Crippen molar-refractivity contribution in [2.45, 2.75) is 38.6 Å². The van der Waals surface area contributed by atoms with Gasteiger partial charge in [-0.05, 0) is 32.1 Å². The summed E-state index contributed by atoms with van der Waals surface area (Å²) in [6.45, 7) is 3.63. The quantitative estimate of drug-likeness (QED) is 0.780. The van der Waals surface area contributed by atoms with Crippen LogP contribution in [0.2, 0.25) is 0 Å². The maximum absolute atomic E-state index is 12.5. The van der Waals surface area contributed by atoms with Crippen LogP contribution in [0.3, 0.4) is 0 Å². The number of carboxylic acid groups (broad SMARTS) is 1. The van der Waals surface area contributed by atoms with Crippen LogP contribution in [-0.4, -0.2) is 65.2 Å². The molecule has 0 aromatic heterocycles. The van der Waals surface area contributed by atoms with Crippen LogP contribution < -0.4 is 0 Å². The SMILES string of the molecule is CCOC(=O)C1CCCN1C(=O)N1CCC(CC(=O)O)C1. The van der Waals surface area contributed by atoms with Crippen LogP contribution >= 0.6 is 0 Å². The number of hydrogen-bond donors (Lipinski definition) is 1. The van der Waals surface area contributed by atoms with Crippen LogP contribution in [0.1, 0.15) is 32.6 Å². The molecule has 7 nitrogen and oxygen atoms in total. The fourth-order valence-corrected chi connectivity index (χ4v) is 3.08. The molecular formula is C14H22N2O5. The van der Waals surface area contributed by atoms with E-state index in [0.717, 1.165) is 6.42 Å². The fourth-order valence-electron chi connectivity index (χ4n) is 3.08. The van der Waals surface area contributed by atoms with Gasteiger partial charge in [-0.15, -0.1) is 0 Å². The van der Waals surface area contributed by atoms with Gasteiger partial charge in [-0.1, -0.05) is 0 Å². The van der Waals surface area contributed by atoms with Gasteiger partial charge < -0.3 is 19.6 Å². The van der Waals surface area contributed by atoms with Crippen LogP contribution in [0.15, 0.2) is 0 Å². The molecule has 2 heterocycles. The van der Waals surface area contributed by atoms with Crippen molar-refractivity contribution in [1.82, 2.24) is 9.80 Å². The average Bonchev–Trinajstić information content (AvgIpc) is 3.06. The number of esters is 1. The molecule has 0 spiro atoms. The highest BCUT2D eigenvalue weighted by atomic mass is 16.5. The number of ether oxygens (including phenoxy) is 1. The van der Waals surface area contributed by atoms with Crippen LogP contribution in [0, 0.1) is 5.92 Å². The number of rotatable bonds is 4. The van der Waals surface area contributed by atoms with Gasteiger partial charge >= 0.3 is 18.0 Å². The Kier molecular flexibility index (Phi) is 5.03. The van der Waals surface area contributed by atoms with E-state index in [1.807, 2.05) is 0 Å². The lowest BCUT2D eigenvalue weighted by atomic mass is 10.1. The Labute approximate surface area is 123 Å². The number of hydrogen-bond acceptors (Lipinski definition) is 4. The van der Waals surface area contributed by atoms with Gasteiger partial charge in [0.05, 0.1) is 6.61 Å². The third-order valence-corrected chi connectivity index (χ3v) is 4.08. The molecule has 118 valence electrons. The summed E-state index contributed by atoms with van der Waals surface area (Å²) in [7, 11) is 0. The summed E-state index contributed by atoms with van der Waals surface area (Å²) < 4.78 is 5.01. The predicted molar refractivity (Wildman–Crippen MR) is 73.7 cm³/mol. The van der Waals surface area contributed by atoms with Gasteiger partial charge in [0, 0.05) is 26.1 Å². The third kappa shape index (κ3) is 3.65. The summed E-state index contributed by atoms with van der Waals surface area (Å²) in [5.41, 5.74) is 0. The van der Waals surface area contributed by atoms with Gasteiger partial charge in [-0.2, -0.15) is 0 Å². The predicted octanol–water partition coefficient (Wildman–Crippen LogP) is 0.930. The molecule has 2 atom stereocenters. The second-order valence-electron chi connectivity index (χ2n) is 5.58. The first-order chi connectivity index (χ1) is 10.0. The Morgan fingerprint density at radius 3 is 2.67 bits per heavy atom. The maximum atomic E-state index is 12.5. The molecule has 0 aromatic rings. The van der Waals surface area contributed by atoms with E-state index in [4.69, 9.17) is 9.84 Å². The van der Waals surface area contributed by atoms with Gasteiger partial charge in [0.15, 0.2) is 0 Å². The fraction of sp³-hybridized carbons (Fsp3) is 0.786. The topological polar surface area (TPSA) is 87.2 Å². The average molecular weight is 298 g/mol. The van der Waals surface area contributed by atoms with E-state index in [1.54, 1.807) is 16.7 Å². The van der Waals surface area contributed by atoms with Crippen LogP contribution in [0.4, 0.5) is 4.79 Å². The first-order valence-corrected chi connectivity index (χ1v) is 7.47. The highest BCUT2D eigenvalue weighted by Gasteiger charge is 2.39. The minimum absolute atomic E-state index is 0.00935. The molecule has 2 amide bonds. The number of amides is 2. The van der Waals surface area contributed by atoms with Crippen molar-refractivity contribution in [1.29, 1.82) is 0 Å². The number of urea groups is 1. The van der Waals surface area contributed by atoms with Gasteiger partial charge in [-0.25, -0.2) is 9.59 Å². The molecule has 0 bridgehead atoms. The summed E-state index contributed by atoms with van der Waals surface area (Å²) in [6, 6.07) is -0.658. The van der Waals surface area contributed by atoms with E-state index in [9.17, 15) is 14.4 Å². The van der Waals surface area contributed by atoms with E-state index in [1.165, 1.54) is 0 Å². The zero-order valence-corrected chi connectivity index (χ0v) is 12.3. The van der Waals surface area contributed by atoms with Crippen molar-refractivity contribution >= 4 is 18.0 Å². The van der Waals surface area contributed by atoms with Gasteiger partial charge in [0.25, 0.3) is 0 Å². The number of carbonyl (C=O) groups is 3. The summed E-state index contributed by atoms with van der Waals surface area (Å²) in [5, 5.41) is 8.81. The van der Waals surface area contributed by atoms with E-state index >= 15 is 0 Å². The molecule has 2 fully saturated rings. The van der Waals surface area contributed by atoms with Crippen LogP contribution in [0.25, 0.3) is 0 Å². The summed E-state index contributed by atoms with van der Waals surface area (Å²) in [5.74, 6) is -1.17. The lowest BCUT2D eigenvalue weighted by Crippen LogP contribution is -2.47. The highest BCUT2D eigenvalue weighted by Crippen LogP contribution is 2.25. The first-order valence-electron chi connectivity index (χ1n) is 7.47. The molecule has 0 radical (unpaired) electrons. The lowest BCUT2D eigenvalue weighted by Gasteiger charge is -2.28. The van der Waals surface area contributed by atoms with E-state index in [-0.39, 0.29) is 24.3 Å². The second kappa shape index (κ2) is 6.78. The number of aliphatic carboxylic acids is 1. The molecule has 0 aliphatic carbocycles. The molecule has 1 N–H and O–H groups in total. The Morgan fingerprint density at radius 1 is 1.24 bits per heavy atom. The molecule has 2 unspecified atom stereocenters. The van der Waals surface area contributed by atoms with Gasteiger partial charge in [0.2, 0.25) is 0 Å². The molecule has 2 aliphatic rings. The van der Waals surface area contributed by atoms with Crippen molar-refractivity contribution in [3.63, 3.8) is 0 Å². The van der Waals surface area contributed by atoms with Crippen LogP contribution in [0.5, 0.6) is 0 Å². The zero-order valence-electron chi connectivity index (χ0n) is 12.3. The number of carboxylic acids is 1. The van der Waals surface area contributed by atoms with E-state index in [2.05, 4.69) is 0 Å². The third-order valence-electron chi connectivity index (χ3n) is 4.08. The van der Waals surface area contributed by atoms with Crippen molar-refractivity contribution in [3.05, 3.63) is 0 Å². The summed E-state index contributed by atoms with van der Waals surface area (Å²) in [6.07, 6.45) is 2.22. The molecule has 21 heavy (non-hydrogen) atoms. The zero-order chi connectivity index (χ0) is 15.4. The molecule has 2 aliphatic heterocycles. The normalized spacial score (nSPS) is 25.2. The monoisotopic (exact) mass is 298 g/mol. The molecule has 2 saturated heterocycles. The summed E-state index contributed by atoms with van der Waals surface area (Å²) >= 11 is 0. The smallest absolute Gasteiger partial charge is 0.328 e. The highest BCUT2D eigenvalue weighted by molar-refractivity contribution is 5.84. The van der Waals surface area contributed by atoms with Gasteiger partial charge in [0.1, 0.15) is 6.04 Å². The van der Waals surface area contributed by atoms with Crippen molar-refractivity contribution < 1.29 is 24.2 Å². The first kappa shape index (κ1) is 15.6. The van der Waals surface area contributed by atoms with Crippen molar-refractivity contribution in [2.24, 2.45) is 5.92 Å². The molecule has 2 rings (SSSR count). The minimum Gasteiger partial charge on any atom is -0.481 e. The van der Waals surface area contributed by atoms with Crippen LogP contribution in [-0.2, 0) is 14.3 Å². The number of carbonyl (C=O) groups excluding carboxylic acids is 2. The standard InChI is InChI=1S/C14H22N2O5/c1-2-21-13(19)11-4-3-6-16(11)14(20)15-7-5-10(9-15)8-12(17)18/h10-11H,2-9H2,1H3,(H,17,18). The molecule has 0 aromatic carbocycles. The largest absolute Gasteiger partial charge is 0.481 e. The Balaban J connectivity index is 1.93. The Morgan fingerprint density at radius 2 is 2.00 bits per heavy atom. The lowest BCUT2D eigenvalue weighted by molar-refractivity contribution is -0.147. The van der Waals surface area contributed by atoms with E-state index in [0.29, 0.717) is 39.1 Å². The Hall–Kier alpha value is -1.79. The minimum atomic E-state index is -0.833. The maximum Gasteiger partial charge on any atom is 0.328 e. The molecule has 0 saturated carbocycles. The second-order valence-corrected chi connectivity index (χ2v) is 5.58. The number of likely N-dealkylation sites (tertiary alicyclic amines) is 2. The Bertz CT molecular complexity index is 426. The van der Waals surface area contributed by atoms with Gasteiger partial charge in [-0.3, -0.25) is 4.79 Å². The molecular weight excluding hydrogens is 276 g/mol. The van der Waals surface area contributed by atoms with Crippen molar-refractivity contribution in [2.75, 3.05) is 26.2 Å².